The molecule has 42 valence electrons. The van der Waals surface area contributed by atoms with Gasteiger partial charge in [-0.2, -0.15) is 16.4 Å². The van der Waals surface area contributed by atoms with Crippen LogP contribution in [0.5, 0.6) is 0 Å². The Hall–Kier alpha value is -0.120. The Balaban J connectivity index is 2.40. The average molecular weight is 102 g/mol. The fourth-order valence-corrected chi connectivity index (χ4v) is 0.924. The normalized spacial score (nSPS) is 28.3. The summed E-state index contributed by atoms with van der Waals surface area (Å²) in [7, 11) is 0. The highest BCUT2D eigenvalue weighted by molar-refractivity contribution is 4.44. The number of hydrogen-bond acceptors (Lipinski definition) is 2. The smallest absolute Gasteiger partial charge is 0.114 e. The van der Waals surface area contributed by atoms with Crippen LogP contribution >= 0.6 is 0 Å². The van der Waals surface area contributed by atoms with Gasteiger partial charge in [-0.25, -0.2) is 0 Å². The molecule has 1 saturated heterocycles. The third-order valence-corrected chi connectivity index (χ3v) is 1.40. The molecule has 4 N–H and O–H groups in total. The summed E-state index contributed by atoms with van der Waals surface area (Å²) in [6.45, 7) is 1.89. The van der Waals surface area contributed by atoms with Crippen LogP contribution in [-0.2, 0) is 0 Å². The molecule has 0 spiro atoms. The Morgan fingerprint density at radius 1 is 1.00 bits per heavy atom. The second kappa shape index (κ2) is 1.43. The van der Waals surface area contributed by atoms with E-state index in [-0.39, 0.29) is 4.70 Å². The van der Waals surface area contributed by atoms with Crippen LogP contribution < -0.4 is 11.7 Å². The lowest BCUT2D eigenvalue weighted by molar-refractivity contribution is -0.940. The highest BCUT2D eigenvalue weighted by atomic mass is 15.8. The molecule has 1 aliphatic rings. The molecule has 0 saturated carbocycles. The van der Waals surface area contributed by atoms with Crippen LogP contribution in [0.25, 0.3) is 0 Å². The summed E-state index contributed by atoms with van der Waals surface area (Å²) in [5, 5.41) is 0. The van der Waals surface area contributed by atoms with Gasteiger partial charge in [0, 0.05) is 12.8 Å². The molecule has 3 heteroatoms. The zero-order valence-electron chi connectivity index (χ0n) is 4.43. The first-order valence-electron chi connectivity index (χ1n) is 2.65. The molecule has 0 amide bonds. The van der Waals surface area contributed by atoms with Gasteiger partial charge in [-0.3, -0.25) is 0 Å². The van der Waals surface area contributed by atoms with Crippen molar-refractivity contribution in [3.05, 3.63) is 0 Å². The molecule has 0 bridgehead atoms. The maximum absolute atomic E-state index is 5.49. The number of nitrogens with two attached hydrogens (primary N) is 2. The summed E-state index contributed by atoms with van der Waals surface area (Å²) < 4.78 is 0.250. The number of nitrogens with zero attached hydrogens (tertiary/aromatic N) is 1. The van der Waals surface area contributed by atoms with E-state index in [4.69, 9.17) is 11.7 Å². The summed E-state index contributed by atoms with van der Waals surface area (Å²) in [6.07, 6.45) is 2.38. The van der Waals surface area contributed by atoms with Crippen molar-refractivity contribution in [1.82, 2.24) is 0 Å². The Kier molecular flexibility index (Phi) is 1.03. The second-order valence-corrected chi connectivity index (χ2v) is 2.26. The van der Waals surface area contributed by atoms with Crippen molar-refractivity contribution in [2.45, 2.75) is 12.8 Å². The molecule has 1 fully saturated rings. The average Bonchev–Trinajstić information content (AvgIpc) is 1.84. The van der Waals surface area contributed by atoms with Crippen molar-refractivity contribution in [1.29, 1.82) is 0 Å². The monoisotopic (exact) mass is 102 g/mol. The predicted molar refractivity (Wildman–Crippen MR) is 27.6 cm³/mol. The molecule has 0 aliphatic carbocycles. The molecule has 7 heavy (non-hydrogen) atoms. The van der Waals surface area contributed by atoms with E-state index in [0.717, 1.165) is 13.1 Å². The van der Waals surface area contributed by atoms with Crippen LogP contribution in [0.4, 0.5) is 0 Å². The van der Waals surface area contributed by atoms with Gasteiger partial charge in [-0.1, -0.05) is 0 Å². The van der Waals surface area contributed by atoms with Gasteiger partial charge in [0.25, 0.3) is 0 Å². The van der Waals surface area contributed by atoms with Gasteiger partial charge in [0.1, 0.15) is 13.1 Å². The highest BCUT2D eigenvalue weighted by Gasteiger charge is 2.22. The van der Waals surface area contributed by atoms with E-state index in [0.29, 0.717) is 0 Å². The predicted octanol–water partition coefficient (Wildman–Crippen LogP) is -0.656. The van der Waals surface area contributed by atoms with E-state index in [2.05, 4.69) is 0 Å². The van der Waals surface area contributed by atoms with Crippen LogP contribution in [0.15, 0.2) is 0 Å². The first-order valence-corrected chi connectivity index (χ1v) is 2.65. The van der Waals surface area contributed by atoms with Crippen LogP contribution in [-0.4, -0.2) is 17.8 Å². The molecule has 0 aromatic heterocycles. The first kappa shape index (κ1) is 5.03. The molecule has 0 unspecified atom stereocenters. The lowest BCUT2D eigenvalue weighted by atomic mass is 10.4. The summed E-state index contributed by atoms with van der Waals surface area (Å²) in [5.74, 6) is 11.0. The van der Waals surface area contributed by atoms with Crippen molar-refractivity contribution >= 4 is 0 Å². The summed E-state index contributed by atoms with van der Waals surface area (Å²) in [4.78, 5) is 0. The quantitative estimate of drug-likeness (QED) is 0.315. The van der Waals surface area contributed by atoms with E-state index in [9.17, 15) is 0 Å². The van der Waals surface area contributed by atoms with Gasteiger partial charge in [0.05, 0.1) is 0 Å². The third-order valence-electron chi connectivity index (χ3n) is 1.40. The lowest BCUT2D eigenvalue weighted by Crippen LogP contribution is -2.57. The molecular weight excluding hydrogens is 90.1 g/mol. The Bertz CT molecular complexity index is 61.3. The summed E-state index contributed by atoms with van der Waals surface area (Å²) in [5.41, 5.74) is 0. The number of rotatable bonds is 0. The van der Waals surface area contributed by atoms with Gasteiger partial charge in [-0.15, -0.1) is 0 Å². The summed E-state index contributed by atoms with van der Waals surface area (Å²) >= 11 is 0. The van der Waals surface area contributed by atoms with Crippen molar-refractivity contribution in [3.63, 3.8) is 0 Å². The Labute approximate surface area is 43.4 Å². The van der Waals surface area contributed by atoms with Crippen LogP contribution in [0.3, 0.4) is 0 Å². The maximum atomic E-state index is 5.49. The second-order valence-electron chi connectivity index (χ2n) is 2.26. The van der Waals surface area contributed by atoms with Crippen molar-refractivity contribution < 1.29 is 4.70 Å². The van der Waals surface area contributed by atoms with Crippen molar-refractivity contribution in [2.75, 3.05) is 13.1 Å². The molecular formula is C4H12N3+. The molecule has 0 aromatic carbocycles. The highest BCUT2D eigenvalue weighted by Crippen LogP contribution is 2.05. The standard InChI is InChI=1S/C4H12N3/c5-7(6)3-1-2-4-7/h1-6H2/q+1. The maximum Gasteiger partial charge on any atom is 0.114 e. The molecule has 1 heterocycles. The van der Waals surface area contributed by atoms with Gasteiger partial charge < -0.3 is 0 Å². The lowest BCUT2D eigenvalue weighted by Gasteiger charge is -2.18. The number of quaternary nitrogens is 1. The topological polar surface area (TPSA) is 52.0 Å². The van der Waals surface area contributed by atoms with E-state index < -0.39 is 0 Å². The van der Waals surface area contributed by atoms with Gasteiger partial charge in [0.15, 0.2) is 0 Å². The Morgan fingerprint density at radius 3 is 1.57 bits per heavy atom. The van der Waals surface area contributed by atoms with Crippen LogP contribution in [0, 0.1) is 0 Å². The third kappa shape index (κ3) is 1.12. The minimum absolute atomic E-state index is 0.250. The fraction of sp³-hybridized carbons (Fsp3) is 1.00. The minimum atomic E-state index is 0.250. The van der Waals surface area contributed by atoms with Gasteiger partial charge >= 0.3 is 0 Å². The van der Waals surface area contributed by atoms with Crippen molar-refractivity contribution in [2.24, 2.45) is 11.7 Å². The van der Waals surface area contributed by atoms with Gasteiger partial charge in [-0.05, 0) is 0 Å². The van der Waals surface area contributed by atoms with Crippen molar-refractivity contribution in [3.8, 4) is 0 Å². The largest absolute Gasteiger partial charge is 0.176 e. The molecule has 1 rings (SSSR count). The SMILES string of the molecule is N[N+]1(N)CCCC1. The van der Waals surface area contributed by atoms with E-state index in [1.807, 2.05) is 0 Å². The molecule has 1 aliphatic heterocycles. The van der Waals surface area contributed by atoms with Crippen LogP contribution in [0.1, 0.15) is 12.8 Å². The minimum Gasteiger partial charge on any atom is -0.176 e. The first-order chi connectivity index (χ1) is 3.21. The van der Waals surface area contributed by atoms with E-state index in [1.165, 1.54) is 12.8 Å². The molecule has 0 radical (unpaired) electrons. The summed E-state index contributed by atoms with van der Waals surface area (Å²) in [6, 6.07) is 0. The Morgan fingerprint density at radius 2 is 1.43 bits per heavy atom. The van der Waals surface area contributed by atoms with Gasteiger partial charge in [0.2, 0.25) is 0 Å². The van der Waals surface area contributed by atoms with E-state index in [1.54, 1.807) is 0 Å². The van der Waals surface area contributed by atoms with E-state index >= 15 is 0 Å². The zero-order chi connectivity index (χ0) is 5.33. The molecule has 0 aromatic rings. The van der Waals surface area contributed by atoms with Crippen LogP contribution in [0.2, 0.25) is 0 Å². The number of hydrogen-bond donors (Lipinski definition) is 2. The fourth-order valence-electron chi connectivity index (χ4n) is 0.924. The zero-order valence-corrected chi connectivity index (χ0v) is 4.43. The molecule has 0 atom stereocenters. The molecule has 3 nitrogen and oxygen atoms in total.